The molecule has 1 fully saturated rings. The number of nitrogens with zero attached hydrogens (tertiary/aromatic N) is 1. The van der Waals surface area contributed by atoms with Crippen molar-refractivity contribution in [3.05, 3.63) is 58.3 Å². The normalized spacial score (nSPS) is 15.6. The van der Waals surface area contributed by atoms with Crippen LogP contribution in [0.1, 0.15) is 11.1 Å². The lowest BCUT2D eigenvalue weighted by molar-refractivity contribution is -0.148. The van der Waals surface area contributed by atoms with E-state index in [4.69, 9.17) is 4.74 Å². The van der Waals surface area contributed by atoms with Gasteiger partial charge in [0, 0.05) is 19.5 Å². The van der Waals surface area contributed by atoms with Crippen LogP contribution in [-0.4, -0.2) is 42.5 Å². The van der Waals surface area contributed by atoms with Gasteiger partial charge in [-0.1, -0.05) is 30.3 Å². The van der Waals surface area contributed by atoms with E-state index >= 15 is 0 Å². The number of ether oxygens (including phenoxy) is 1. The van der Waals surface area contributed by atoms with Crippen LogP contribution < -0.4 is 5.32 Å². The maximum Gasteiger partial charge on any atom is 0.245 e. The molecule has 1 aliphatic rings. The Bertz CT molecular complexity index is 654. The smallest absolute Gasteiger partial charge is 0.245 e. The molecular formula is C18H20N2O3S. The van der Waals surface area contributed by atoms with Gasteiger partial charge in [0.25, 0.3) is 0 Å². The van der Waals surface area contributed by atoms with Gasteiger partial charge >= 0.3 is 0 Å². The van der Waals surface area contributed by atoms with E-state index in [-0.39, 0.29) is 12.0 Å². The average Bonchev–Trinajstić information content (AvgIpc) is 3.07. The Kier molecular flexibility index (Phi) is 5.61. The van der Waals surface area contributed by atoms with Crippen molar-refractivity contribution in [2.75, 3.05) is 13.1 Å². The number of nitrogens with one attached hydrogen (secondary N) is 1. The van der Waals surface area contributed by atoms with Crippen LogP contribution in [-0.2, 0) is 27.4 Å². The molecule has 1 saturated heterocycles. The Morgan fingerprint density at radius 2 is 2.08 bits per heavy atom. The molecule has 6 heteroatoms. The molecule has 24 heavy (non-hydrogen) atoms. The summed E-state index contributed by atoms with van der Waals surface area (Å²) in [5.74, 6) is -0.0483. The van der Waals surface area contributed by atoms with Crippen LogP contribution in [0.5, 0.6) is 0 Å². The fourth-order valence-electron chi connectivity index (χ4n) is 2.68. The molecule has 0 bridgehead atoms. The summed E-state index contributed by atoms with van der Waals surface area (Å²) in [5.41, 5.74) is 2.19. The van der Waals surface area contributed by atoms with Crippen molar-refractivity contribution in [3.8, 4) is 0 Å². The Hall–Kier alpha value is -2.18. The molecule has 5 nitrogen and oxygen atoms in total. The van der Waals surface area contributed by atoms with E-state index in [0.29, 0.717) is 32.5 Å². The summed E-state index contributed by atoms with van der Waals surface area (Å²) in [4.78, 5) is 25.1. The molecule has 126 valence electrons. The van der Waals surface area contributed by atoms with Crippen LogP contribution in [0.15, 0.2) is 47.2 Å². The molecule has 1 aliphatic heterocycles. The number of carbonyl (C=O) groups excluding carboxylic acids is 2. The highest BCUT2D eigenvalue weighted by Crippen LogP contribution is 2.17. The SMILES string of the molecule is O=CNC(Cc1ccsc1)C(=O)N1CC(OCc2ccccc2)C1. The largest absolute Gasteiger partial charge is 0.370 e. The van der Waals surface area contributed by atoms with Gasteiger partial charge in [0.1, 0.15) is 6.04 Å². The van der Waals surface area contributed by atoms with Crippen LogP contribution in [0.4, 0.5) is 0 Å². The van der Waals surface area contributed by atoms with Crippen molar-refractivity contribution in [3.63, 3.8) is 0 Å². The van der Waals surface area contributed by atoms with Crippen molar-refractivity contribution >= 4 is 23.7 Å². The molecule has 2 aromatic rings. The molecule has 0 radical (unpaired) electrons. The Labute approximate surface area is 145 Å². The van der Waals surface area contributed by atoms with Crippen LogP contribution in [0.25, 0.3) is 0 Å². The predicted molar refractivity (Wildman–Crippen MR) is 92.6 cm³/mol. The lowest BCUT2D eigenvalue weighted by Crippen LogP contribution is -2.59. The Morgan fingerprint density at radius 3 is 2.75 bits per heavy atom. The van der Waals surface area contributed by atoms with Gasteiger partial charge in [-0.25, -0.2) is 0 Å². The van der Waals surface area contributed by atoms with Gasteiger partial charge in [0.15, 0.2) is 0 Å². The summed E-state index contributed by atoms with van der Waals surface area (Å²) < 4.78 is 5.81. The zero-order valence-corrected chi connectivity index (χ0v) is 14.1. The molecule has 1 aromatic heterocycles. The third-order valence-electron chi connectivity index (χ3n) is 4.08. The van der Waals surface area contributed by atoms with E-state index in [2.05, 4.69) is 5.32 Å². The molecule has 1 N–H and O–H groups in total. The molecule has 1 aromatic carbocycles. The zero-order chi connectivity index (χ0) is 16.8. The van der Waals surface area contributed by atoms with Crippen LogP contribution >= 0.6 is 11.3 Å². The number of amides is 2. The molecular weight excluding hydrogens is 324 g/mol. The van der Waals surface area contributed by atoms with Crippen LogP contribution in [0.3, 0.4) is 0 Å². The molecule has 2 heterocycles. The van der Waals surface area contributed by atoms with Gasteiger partial charge in [0.05, 0.1) is 12.7 Å². The molecule has 0 aliphatic carbocycles. The number of thiophene rings is 1. The molecule has 2 amide bonds. The van der Waals surface area contributed by atoms with E-state index in [1.165, 1.54) is 0 Å². The fourth-order valence-corrected chi connectivity index (χ4v) is 3.36. The number of hydrogen-bond acceptors (Lipinski definition) is 4. The summed E-state index contributed by atoms with van der Waals surface area (Å²) in [5, 5.41) is 6.60. The van der Waals surface area contributed by atoms with E-state index in [0.717, 1.165) is 11.1 Å². The summed E-state index contributed by atoms with van der Waals surface area (Å²) in [6.07, 6.45) is 1.18. The van der Waals surface area contributed by atoms with Crippen molar-refractivity contribution in [1.82, 2.24) is 10.2 Å². The van der Waals surface area contributed by atoms with Gasteiger partial charge in [-0.05, 0) is 28.0 Å². The monoisotopic (exact) mass is 344 g/mol. The zero-order valence-electron chi connectivity index (χ0n) is 13.3. The second-order valence-electron chi connectivity index (χ2n) is 5.83. The van der Waals surface area contributed by atoms with Crippen LogP contribution in [0.2, 0.25) is 0 Å². The Balaban J connectivity index is 1.46. The fraction of sp³-hybridized carbons (Fsp3) is 0.333. The third kappa shape index (κ3) is 4.21. The first kappa shape index (κ1) is 16.7. The minimum atomic E-state index is -0.507. The number of hydrogen-bond donors (Lipinski definition) is 1. The Morgan fingerprint density at radius 1 is 1.29 bits per heavy atom. The van der Waals surface area contributed by atoms with Crippen molar-refractivity contribution in [2.24, 2.45) is 0 Å². The van der Waals surface area contributed by atoms with Crippen molar-refractivity contribution < 1.29 is 14.3 Å². The van der Waals surface area contributed by atoms with Crippen LogP contribution in [0, 0.1) is 0 Å². The summed E-state index contributed by atoms with van der Waals surface area (Å²) in [6.45, 7) is 1.71. The standard InChI is InChI=1S/C18H20N2O3S/c21-13-19-17(8-15-6-7-24-12-15)18(22)20-9-16(10-20)23-11-14-4-2-1-3-5-14/h1-7,12-13,16-17H,8-11H2,(H,19,21). The lowest BCUT2D eigenvalue weighted by atomic mass is 10.0. The second kappa shape index (κ2) is 8.08. The van der Waals surface area contributed by atoms with Gasteiger partial charge in [-0.2, -0.15) is 11.3 Å². The molecule has 0 saturated carbocycles. The van der Waals surface area contributed by atoms with Gasteiger partial charge < -0.3 is 15.0 Å². The quantitative estimate of drug-likeness (QED) is 0.744. The first-order valence-electron chi connectivity index (χ1n) is 7.91. The molecule has 1 unspecified atom stereocenters. The van der Waals surface area contributed by atoms with Gasteiger partial charge in [-0.3, -0.25) is 9.59 Å². The summed E-state index contributed by atoms with van der Waals surface area (Å²) in [6, 6.07) is 11.4. The molecule has 3 rings (SSSR count). The van der Waals surface area contributed by atoms with E-state index in [1.807, 2.05) is 47.2 Å². The first-order valence-corrected chi connectivity index (χ1v) is 8.85. The van der Waals surface area contributed by atoms with Crippen molar-refractivity contribution in [1.29, 1.82) is 0 Å². The maximum atomic E-state index is 12.5. The van der Waals surface area contributed by atoms with Gasteiger partial charge in [-0.15, -0.1) is 0 Å². The van der Waals surface area contributed by atoms with Crippen molar-refractivity contribution in [2.45, 2.75) is 25.2 Å². The lowest BCUT2D eigenvalue weighted by Gasteiger charge is -2.40. The minimum Gasteiger partial charge on any atom is -0.370 e. The molecule has 0 spiro atoms. The van der Waals surface area contributed by atoms with E-state index < -0.39 is 6.04 Å². The number of likely N-dealkylation sites (tertiary alicyclic amines) is 1. The minimum absolute atomic E-state index is 0.0483. The topological polar surface area (TPSA) is 58.6 Å². The molecule has 1 atom stereocenters. The average molecular weight is 344 g/mol. The highest BCUT2D eigenvalue weighted by molar-refractivity contribution is 7.07. The third-order valence-corrected chi connectivity index (χ3v) is 4.81. The van der Waals surface area contributed by atoms with E-state index in [1.54, 1.807) is 16.2 Å². The number of carbonyl (C=O) groups is 2. The predicted octanol–water partition coefficient (Wildman–Crippen LogP) is 1.83. The maximum absolute atomic E-state index is 12.5. The number of rotatable bonds is 8. The highest BCUT2D eigenvalue weighted by Gasteiger charge is 2.35. The second-order valence-corrected chi connectivity index (χ2v) is 6.61. The highest BCUT2D eigenvalue weighted by atomic mass is 32.1. The summed E-state index contributed by atoms with van der Waals surface area (Å²) >= 11 is 1.58. The summed E-state index contributed by atoms with van der Waals surface area (Å²) in [7, 11) is 0. The van der Waals surface area contributed by atoms with E-state index in [9.17, 15) is 9.59 Å². The van der Waals surface area contributed by atoms with Gasteiger partial charge in [0.2, 0.25) is 12.3 Å². The number of benzene rings is 1. The first-order chi connectivity index (χ1) is 11.8.